The number of aliphatic hydroxyl groups excluding tert-OH is 3. The Bertz CT molecular complexity index is 688. The van der Waals surface area contributed by atoms with Crippen LogP contribution < -0.4 is 5.73 Å². The van der Waals surface area contributed by atoms with E-state index in [4.69, 9.17) is 15.6 Å². The molecule has 0 aromatic carbocycles. The zero-order valence-corrected chi connectivity index (χ0v) is 11.0. The maximum absolute atomic E-state index is 10.1. The van der Waals surface area contributed by atoms with Crippen molar-refractivity contribution < 1.29 is 20.1 Å². The van der Waals surface area contributed by atoms with Crippen LogP contribution in [-0.2, 0) is 4.74 Å². The summed E-state index contributed by atoms with van der Waals surface area (Å²) in [4.78, 5) is 12.3. The van der Waals surface area contributed by atoms with Crippen molar-refractivity contribution in [2.24, 2.45) is 0 Å². The third-order valence-electron chi connectivity index (χ3n) is 3.44. The van der Waals surface area contributed by atoms with Gasteiger partial charge in [-0.2, -0.15) is 0 Å². The minimum Gasteiger partial charge on any atom is -0.394 e. The van der Waals surface area contributed by atoms with Gasteiger partial charge in [-0.15, -0.1) is 0 Å². The quantitative estimate of drug-likeness (QED) is 0.545. The van der Waals surface area contributed by atoms with Gasteiger partial charge in [-0.05, 0) is 6.08 Å². The summed E-state index contributed by atoms with van der Waals surface area (Å²) in [5.41, 5.74) is 6.51. The fourth-order valence-electron chi connectivity index (χ4n) is 2.34. The van der Waals surface area contributed by atoms with Crippen LogP contribution in [-0.4, -0.2) is 59.8 Å². The number of aliphatic hydroxyl groups is 3. The monoisotopic (exact) mass is 293 g/mol. The standard InChI is InChI=1S/C12H15N5O4/c1-2-6-15-10(13)7-11(16-6)17(4-14-7)12-9(20)8(19)5(3-18)21-12/h2,4-5,8-9,12,18-20H,1,3H2,(H2,13,15,16)/t5-,8?,9?,12-/m1/s1. The summed E-state index contributed by atoms with van der Waals surface area (Å²) in [6.07, 6.45) is -1.39. The van der Waals surface area contributed by atoms with Crippen LogP contribution in [0.25, 0.3) is 17.2 Å². The molecule has 9 nitrogen and oxygen atoms in total. The van der Waals surface area contributed by atoms with Crippen molar-refractivity contribution >= 4 is 23.1 Å². The molecule has 21 heavy (non-hydrogen) atoms. The van der Waals surface area contributed by atoms with Crippen LogP contribution in [0.5, 0.6) is 0 Å². The lowest BCUT2D eigenvalue weighted by Gasteiger charge is -2.16. The maximum Gasteiger partial charge on any atom is 0.168 e. The number of fused-ring (bicyclic) bond motifs is 1. The second-order valence-corrected chi connectivity index (χ2v) is 4.72. The molecule has 1 saturated heterocycles. The van der Waals surface area contributed by atoms with Crippen LogP contribution in [0.1, 0.15) is 12.1 Å². The molecular formula is C12H15N5O4. The molecule has 3 rings (SSSR count). The lowest BCUT2D eigenvalue weighted by Crippen LogP contribution is -2.33. The van der Waals surface area contributed by atoms with E-state index < -0.39 is 31.1 Å². The first-order chi connectivity index (χ1) is 10.1. The number of hydrogen-bond acceptors (Lipinski definition) is 8. The minimum absolute atomic E-state index is 0.181. The van der Waals surface area contributed by atoms with E-state index in [-0.39, 0.29) is 5.82 Å². The first-order valence-electron chi connectivity index (χ1n) is 6.31. The van der Waals surface area contributed by atoms with Gasteiger partial charge in [0.15, 0.2) is 23.5 Å². The van der Waals surface area contributed by atoms with E-state index in [0.717, 1.165) is 0 Å². The number of nitrogens with two attached hydrogens (primary N) is 1. The maximum atomic E-state index is 10.1. The first kappa shape index (κ1) is 13.9. The summed E-state index contributed by atoms with van der Waals surface area (Å²) < 4.78 is 6.90. The van der Waals surface area contributed by atoms with Crippen LogP contribution in [0.4, 0.5) is 5.82 Å². The molecule has 1 aliphatic rings. The number of rotatable bonds is 3. The normalized spacial score (nSPS) is 29.1. The van der Waals surface area contributed by atoms with E-state index in [1.807, 2.05) is 0 Å². The minimum atomic E-state index is -1.22. The lowest BCUT2D eigenvalue weighted by molar-refractivity contribution is -0.0511. The van der Waals surface area contributed by atoms with E-state index >= 15 is 0 Å². The van der Waals surface area contributed by atoms with Crippen molar-refractivity contribution in [1.82, 2.24) is 19.5 Å². The van der Waals surface area contributed by atoms with Crippen molar-refractivity contribution in [3.8, 4) is 0 Å². The average Bonchev–Trinajstić information content (AvgIpc) is 3.02. The van der Waals surface area contributed by atoms with Crippen molar-refractivity contribution in [3.63, 3.8) is 0 Å². The van der Waals surface area contributed by atoms with Gasteiger partial charge in [0.25, 0.3) is 0 Å². The van der Waals surface area contributed by atoms with Gasteiger partial charge in [-0.25, -0.2) is 15.0 Å². The van der Waals surface area contributed by atoms with Crippen LogP contribution in [0, 0.1) is 0 Å². The number of hydrogen-bond donors (Lipinski definition) is 4. The fraction of sp³-hybridized carbons (Fsp3) is 0.417. The Morgan fingerprint density at radius 3 is 2.76 bits per heavy atom. The highest BCUT2D eigenvalue weighted by molar-refractivity contribution is 5.82. The van der Waals surface area contributed by atoms with Gasteiger partial charge in [0.2, 0.25) is 0 Å². The van der Waals surface area contributed by atoms with Crippen LogP contribution in [0.15, 0.2) is 12.9 Å². The van der Waals surface area contributed by atoms with E-state index in [1.54, 1.807) is 0 Å². The molecule has 5 N–H and O–H groups in total. The number of ether oxygens (including phenoxy) is 1. The van der Waals surface area contributed by atoms with Gasteiger partial charge in [0.1, 0.15) is 23.8 Å². The number of nitrogens with zero attached hydrogens (tertiary/aromatic N) is 4. The predicted molar refractivity (Wildman–Crippen MR) is 72.8 cm³/mol. The molecule has 0 saturated carbocycles. The van der Waals surface area contributed by atoms with Crippen molar-refractivity contribution in [3.05, 3.63) is 18.7 Å². The third kappa shape index (κ3) is 2.07. The van der Waals surface area contributed by atoms with Gasteiger partial charge in [-0.1, -0.05) is 6.58 Å². The van der Waals surface area contributed by atoms with Crippen LogP contribution in [0.2, 0.25) is 0 Å². The molecule has 2 unspecified atom stereocenters. The molecule has 0 spiro atoms. The van der Waals surface area contributed by atoms with Gasteiger partial charge in [0.05, 0.1) is 12.9 Å². The Balaban J connectivity index is 2.09. The molecule has 4 atom stereocenters. The Morgan fingerprint density at radius 2 is 2.14 bits per heavy atom. The molecule has 112 valence electrons. The van der Waals surface area contributed by atoms with Crippen LogP contribution in [0.3, 0.4) is 0 Å². The van der Waals surface area contributed by atoms with Crippen molar-refractivity contribution in [2.45, 2.75) is 24.5 Å². The van der Waals surface area contributed by atoms with Crippen LogP contribution >= 0.6 is 0 Å². The second kappa shape index (κ2) is 5.04. The van der Waals surface area contributed by atoms with E-state index in [9.17, 15) is 10.2 Å². The average molecular weight is 293 g/mol. The Labute approximate surface area is 119 Å². The zero-order valence-electron chi connectivity index (χ0n) is 11.0. The molecule has 2 aromatic heterocycles. The summed E-state index contributed by atoms with van der Waals surface area (Å²) in [7, 11) is 0. The summed E-state index contributed by atoms with van der Waals surface area (Å²) in [5.74, 6) is 0.494. The molecule has 2 aromatic rings. The van der Waals surface area contributed by atoms with Gasteiger partial charge in [-0.3, -0.25) is 4.57 Å². The van der Waals surface area contributed by atoms with Crippen molar-refractivity contribution in [1.29, 1.82) is 0 Å². The second-order valence-electron chi connectivity index (χ2n) is 4.72. The van der Waals surface area contributed by atoms with Crippen molar-refractivity contribution in [2.75, 3.05) is 12.3 Å². The molecule has 0 aliphatic carbocycles. The number of nitrogen functional groups attached to an aromatic ring is 1. The lowest BCUT2D eigenvalue weighted by atomic mass is 10.1. The Morgan fingerprint density at radius 1 is 1.38 bits per heavy atom. The Hall–Kier alpha value is -2.07. The largest absolute Gasteiger partial charge is 0.394 e. The molecule has 0 bridgehead atoms. The molecule has 0 amide bonds. The molecule has 1 aliphatic heterocycles. The first-order valence-corrected chi connectivity index (χ1v) is 6.31. The highest BCUT2D eigenvalue weighted by Gasteiger charge is 2.44. The smallest absolute Gasteiger partial charge is 0.168 e. The number of aromatic nitrogens is 4. The molecule has 9 heteroatoms. The molecule has 0 radical (unpaired) electrons. The number of anilines is 1. The summed E-state index contributed by atoms with van der Waals surface area (Å²) in [6, 6.07) is 0. The van der Waals surface area contributed by atoms with Gasteiger partial charge < -0.3 is 25.8 Å². The van der Waals surface area contributed by atoms with Gasteiger partial charge >= 0.3 is 0 Å². The highest BCUT2D eigenvalue weighted by atomic mass is 16.6. The zero-order chi connectivity index (χ0) is 15.1. The van der Waals surface area contributed by atoms with E-state index in [0.29, 0.717) is 17.0 Å². The van der Waals surface area contributed by atoms with E-state index in [2.05, 4.69) is 21.5 Å². The SMILES string of the molecule is C=Cc1nc(N)c2ncn([C@@H]3O[C@H](CO)C(O)C3O)c2n1. The van der Waals surface area contributed by atoms with E-state index in [1.165, 1.54) is 17.0 Å². The summed E-state index contributed by atoms with van der Waals surface area (Å²) in [6.45, 7) is 3.17. The highest BCUT2D eigenvalue weighted by Crippen LogP contribution is 2.31. The number of imidazole rings is 1. The molecule has 3 heterocycles. The topological polar surface area (TPSA) is 140 Å². The third-order valence-corrected chi connectivity index (χ3v) is 3.44. The Kier molecular flexibility index (Phi) is 3.33. The summed E-state index contributed by atoms with van der Waals surface area (Å²) in [5, 5.41) is 29.0. The fourth-order valence-corrected chi connectivity index (χ4v) is 2.34. The summed E-state index contributed by atoms with van der Waals surface area (Å²) >= 11 is 0. The van der Waals surface area contributed by atoms with Gasteiger partial charge in [0, 0.05) is 0 Å². The molecule has 1 fully saturated rings. The predicted octanol–water partition coefficient (Wildman–Crippen LogP) is -1.34. The molecular weight excluding hydrogens is 278 g/mol.